The average molecular weight is 193 g/mol. The van der Waals surface area contributed by atoms with E-state index in [0.717, 1.165) is 18.7 Å². The van der Waals surface area contributed by atoms with Crippen LogP contribution in [-0.4, -0.2) is 9.78 Å². The minimum atomic E-state index is 0.430. The van der Waals surface area contributed by atoms with E-state index in [-0.39, 0.29) is 0 Å². The second-order valence-electron chi connectivity index (χ2n) is 4.41. The molecule has 0 atom stereocenters. The lowest BCUT2D eigenvalue weighted by molar-refractivity contribution is 0.506. The molecule has 0 radical (unpaired) electrons. The van der Waals surface area contributed by atoms with E-state index in [1.54, 1.807) is 0 Å². The molecular weight excluding hydrogens is 174 g/mol. The molecule has 3 nitrogen and oxygen atoms in total. The lowest BCUT2D eigenvalue weighted by Crippen LogP contribution is -2.08. The number of nitrogens with zero attached hydrogens (tertiary/aromatic N) is 2. The zero-order valence-corrected chi connectivity index (χ0v) is 9.08. The van der Waals surface area contributed by atoms with E-state index in [9.17, 15) is 0 Å². The Morgan fingerprint density at radius 2 is 1.93 bits per heavy atom. The van der Waals surface area contributed by atoms with Crippen LogP contribution in [0.15, 0.2) is 0 Å². The first-order chi connectivity index (χ1) is 6.70. The summed E-state index contributed by atoms with van der Waals surface area (Å²) < 4.78 is 2.11. The van der Waals surface area contributed by atoms with Gasteiger partial charge in [-0.15, -0.1) is 0 Å². The van der Waals surface area contributed by atoms with Gasteiger partial charge in [0, 0.05) is 17.3 Å². The monoisotopic (exact) mass is 193 g/mol. The molecular formula is C11H19N3. The second kappa shape index (κ2) is 3.64. The van der Waals surface area contributed by atoms with Crippen molar-refractivity contribution < 1.29 is 0 Å². The number of fused-ring (bicyclic) bond motifs is 1. The normalized spacial score (nSPS) is 16.8. The number of nitrogen functional groups attached to an aromatic ring is 1. The summed E-state index contributed by atoms with van der Waals surface area (Å²) in [5.74, 6) is 0.760. The smallest absolute Gasteiger partial charge is 0.148 e. The number of rotatable bonds is 1. The van der Waals surface area contributed by atoms with E-state index in [0.29, 0.717) is 6.04 Å². The lowest BCUT2D eigenvalue weighted by Gasteiger charge is -2.10. The van der Waals surface area contributed by atoms with E-state index in [4.69, 9.17) is 5.73 Å². The maximum absolute atomic E-state index is 5.94. The van der Waals surface area contributed by atoms with Crippen molar-refractivity contribution in [2.24, 2.45) is 0 Å². The van der Waals surface area contributed by atoms with Crippen LogP contribution in [0.25, 0.3) is 0 Å². The Hall–Kier alpha value is -0.990. The van der Waals surface area contributed by atoms with Crippen molar-refractivity contribution in [1.82, 2.24) is 9.78 Å². The molecule has 2 rings (SSSR count). The van der Waals surface area contributed by atoms with Crippen LogP contribution in [0.3, 0.4) is 0 Å². The molecule has 3 heteroatoms. The highest BCUT2D eigenvalue weighted by Crippen LogP contribution is 2.27. The molecule has 0 saturated carbocycles. The predicted molar refractivity (Wildman–Crippen MR) is 58.3 cm³/mol. The highest BCUT2D eigenvalue weighted by molar-refractivity contribution is 5.43. The molecule has 14 heavy (non-hydrogen) atoms. The molecule has 0 aromatic carbocycles. The van der Waals surface area contributed by atoms with E-state index in [1.165, 1.54) is 30.5 Å². The van der Waals surface area contributed by atoms with Gasteiger partial charge in [-0.2, -0.15) is 5.10 Å². The van der Waals surface area contributed by atoms with Crippen molar-refractivity contribution in [3.05, 3.63) is 11.3 Å². The molecule has 1 aliphatic carbocycles. The summed E-state index contributed by atoms with van der Waals surface area (Å²) in [5.41, 5.74) is 8.64. The lowest BCUT2D eigenvalue weighted by atomic mass is 10.1. The first kappa shape index (κ1) is 9.56. The molecule has 0 bridgehead atoms. The van der Waals surface area contributed by atoms with Gasteiger partial charge >= 0.3 is 0 Å². The number of hydrogen-bond acceptors (Lipinski definition) is 2. The topological polar surface area (TPSA) is 43.8 Å². The number of hydrogen-bond donors (Lipinski definition) is 1. The fourth-order valence-corrected chi connectivity index (χ4v) is 2.26. The number of nitrogens with two attached hydrogens (primary N) is 1. The standard InChI is InChI=1S/C11H19N3/c1-8(2)14-10-7-5-3-4-6-9(10)11(12)13-14/h8H,3-7H2,1-2H3,(H2,12,13). The summed E-state index contributed by atoms with van der Waals surface area (Å²) in [6, 6.07) is 0.430. The van der Waals surface area contributed by atoms with Crippen LogP contribution in [0.2, 0.25) is 0 Å². The van der Waals surface area contributed by atoms with E-state index >= 15 is 0 Å². The zero-order valence-electron chi connectivity index (χ0n) is 9.08. The van der Waals surface area contributed by atoms with Crippen LogP contribution >= 0.6 is 0 Å². The van der Waals surface area contributed by atoms with Gasteiger partial charge in [0.1, 0.15) is 5.82 Å². The fourth-order valence-electron chi connectivity index (χ4n) is 2.26. The van der Waals surface area contributed by atoms with Gasteiger partial charge in [-0.1, -0.05) is 6.42 Å². The predicted octanol–water partition coefficient (Wildman–Crippen LogP) is 2.32. The van der Waals surface area contributed by atoms with Crippen molar-refractivity contribution >= 4 is 5.82 Å². The highest BCUT2D eigenvalue weighted by Gasteiger charge is 2.18. The Morgan fingerprint density at radius 3 is 2.64 bits per heavy atom. The average Bonchev–Trinajstić information content (AvgIpc) is 2.38. The van der Waals surface area contributed by atoms with Crippen LogP contribution in [0.5, 0.6) is 0 Å². The Labute approximate surface area is 85.3 Å². The number of aromatic nitrogens is 2. The Balaban J connectivity index is 2.44. The fraction of sp³-hybridized carbons (Fsp3) is 0.727. The van der Waals surface area contributed by atoms with Gasteiger partial charge in [0.25, 0.3) is 0 Å². The van der Waals surface area contributed by atoms with Crippen molar-refractivity contribution in [1.29, 1.82) is 0 Å². The quantitative estimate of drug-likeness (QED) is 0.695. The van der Waals surface area contributed by atoms with Gasteiger partial charge in [0.15, 0.2) is 0 Å². The summed E-state index contributed by atoms with van der Waals surface area (Å²) in [7, 11) is 0. The molecule has 0 amide bonds. The van der Waals surface area contributed by atoms with Gasteiger partial charge in [-0.25, -0.2) is 0 Å². The van der Waals surface area contributed by atoms with Crippen LogP contribution in [0.4, 0.5) is 5.82 Å². The Kier molecular flexibility index (Phi) is 2.48. The van der Waals surface area contributed by atoms with Gasteiger partial charge in [-0.05, 0) is 39.5 Å². The van der Waals surface area contributed by atoms with Crippen molar-refractivity contribution in [3.8, 4) is 0 Å². The molecule has 78 valence electrons. The molecule has 0 spiro atoms. The minimum absolute atomic E-state index is 0.430. The first-order valence-electron chi connectivity index (χ1n) is 5.56. The zero-order chi connectivity index (χ0) is 10.1. The van der Waals surface area contributed by atoms with E-state index in [2.05, 4.69) is 23.6 Å². The highest BCUT2D eigenvalue weighted by atomic mass is 15.3. The van der Waals surface area contributed by atoms with Crippen molar-refractivity contribution in [3.63, 3.8) is 0 Å². The van der Waals surface area contributed by atoms with Gasteiger partial charge in [-0.3, -0.25) is 4.68 Å². The largest absolute Gasteiger partial charge is 0.382 e. The molecule has 2 N–H and O–H groups in total. The van der Waals surface area contributed by atoms with Gasteiger partial charge < -0.3 is 5.73 Å². The van der Waals surface area contributed by atoms with Crippen LogP contribution in [0.1, 0.15) is 50.4 Å². The van der Waals surface area contributed by atoms with Crippen molar-refractivity contribution in [2.75, 3.05) is 5.73 Å². The third kappa shape index (κ3) is 1.51. The third-order valence-electron chi connectivity index (χ3n) is 2.98. The maximum Gasteiger partial charge on any atom is 0.148 e. The number of anilines is 1. The SMILES string of the molecule is CC(C)n1nc(N)c2c1CCCCC2. The third-order valence-corrected chi connectivity index (χ3v) is 2.98. The summed E-state index contributed by atoms with van der Waals surface area (Å²) in [4.78, 5) is 0. The van der Waals surface area contributed by atoms with Crippen LogP contribution < -0.4 is 5.73 Å². The Bertz CT molecular complexity index is 326. The van der Waals surface area contributed by atoms with Crippen LogP contribution in [0, 0.1) is 0 Å². The molecule has 0 fully saturated rings. The van der Waals surface area contributed by atoms with Crippen LogP contribution in [-0.2, 0) is 12.8 Å². The first-order valence-corrected chi connectivity index (χ1v) is 5.56. The molecule has 1 aliphatic rings. The minimum Gasteiger partial charge on any atom is -0.382 e. The van der Waals surface area contributed by atoms with Crippen molar-refractivity contribution in [2.45, 2.75) is 52.0 Å². The molecule has 1 heterocycles. The molecule has 0 saturated heterocycles. The second-order valence-corrected chi connectivity index (χ2v) is 4.41. The summed E-state index contributed by atoms with van der Waals surface area (Å²) >= 11 is 0. The van der Waals surface area contributed by atoms with E-state index < -0.39 is 0 Å². The molecule has 1 aromatic heterocycles. The molecule has 0 unspecified atom stereocenters. The van der Waals surface area contributed by atoms with Gasteiger partial charge in [0.2, 0.25) is 0 Å². The summed E-state index contributed by atoms with van der Waals surface area (Å²) in [6.07, 6.45) is 6.14. The molecule has 0 aliphatic heterocycles. The van der Waals surface area contributed by atoms with Gasteiger partial charge in [0.05, 0.1) is 0 Å². The maximum atomic E-state index is 5.94. The summed E-state index contributed by atoms with van der Waals surface area (Å²) in [6.45, 7) is 4.33. The Morgan fingerprint density at radius 1 is 1.21 bits per heavy atom. The summed E-state index contributed by atoms with van der Waals surface area (Å²) in [5, 5.41) is 4.43. The molecule has 1 aromatic rings. The van der Waals surface area contributed by atoms with E-state index in [1.807, 2.05) is 0 Å².